The topological polar surface area (TPSA) is 75.7 Å². The van der Waals surface area contributed by atoms with Gasteiger partial charge in [0.15, 0.2) is 0 Å². The van der Waals surface area contributed by atoms with Gasteiger partial charge in [-0.1, -0.05) is 37.6 Å². The van der Waals surface area contributed by atoms with E-state index in [2.05, 4.69) is 5.32 Å². The SMILES string of the molecule is CCCCOC(=O)c1ccc(NC(=O)C[C@H]2c3ccccc3C=CN2C(C)=O)cc1. The van der Waals surface area contributed by atoms with Crippen LogP contribution in [-0.4, -0.2) is 29.3 Å². The summed E-state index contributed by atoms with van der Waals surface area (Å²) in [5.41, 5.74) is 2.96. The molecule has 0 spiro atoms. The summed E-state index contributed by atoms with van der Waals surface area (Å²) in [6.07, 6.45) is 5.52. The number of carbonyl (C=O) groups excluding carboxylic acids is 3. The molecule has 1 heterocycles. The summed E-state index contributed by atoms with van der Waals surface area (Å²) in [4.78, 5) is 38.3. The first kappa shape index (κ1) is 21.3. The van der Waals surface area contributed by atoms with E-state index in [0.29, 0.717) is 17.9 Å². The van der Waals surface area contributed by atoms with Crippen LogP contribution < -0.4 is 5.32 Å². The van der Waals surface area contributed by atoms with E-state index in [4.69, 9.17) is 4.74 Å². The molecule has 0 radical (unpaired) electrons. The highest BCUT2D eigenvalue weighted by Crippen LogP contribution is 2.33. The summed E-state index contributed by atoms with van der Waals surface area (Å²) >= 11 is 0. The number of amides is 2. The van der Waals surface area contributed by atoms with Gasteiger partial charge in [-0.15, -0.1) is 0 Å². The van der Waals surface area contributed by atoms with Crippen LogP contribution in [0.1, 0.15) is 60.6 Å². The summed E-state index contributed by atoms with van der Waals surface area (Å²) < 4.78 is 5.19. The fraction of sp³-hybridized carbons (Fsp3) is 0.292. The highest BCUT2D eigenvalue weighted by molar-refractivity contribution is 5.94. The summed E-state index contributed by atoms with van der Waals surface area (Å²) in [5, 5.41) is 2.84. The van der Waals surface area contributed by atoms with Crippen LogP contribution in [0.2, 0.25) is 0 Å². The molecule has 1 aliphatic heterocycles. The lowest BCUT2D eigenvalue weighted by atomic mass is 9.93. The van der Waals surface area contributed by atoms with Gasteiger partial charge in [0.2, 0.25) is 11.8 Å². The van der Waals surface area contributed by atoms with Gasteiger partial charge in [-0.25, -0.2) is 4.79 Å². The minimum Gasteiger partial charge on any atom is -0.462 e. The molecule has 156 valence electrons. The number of esters is 1. The number of carbonyl (C=O) groups is 3. The number of hydrogen-bond donors (Lipinski definition) is 1. The molecule has 0 saturated heterocycles. The number of rotatable bonds is 7. The summed E-state index contributed by atoms with van der Waals surface area (Å²) in [6, 6.07) is 14.0. The smallest absolute Gasteiger partial charge is 0.338 e. The maximum Gasteiger partial charge on any atom is 0.338 e. The Hall–Kier alpha value is -3.41. The number of fused-ring (bicyclic) bond motifs is 1. The lowest BCUT2D eigenvalue weighted by Gasteiger charge is -2.32. The maximum absolute atomic E-state index is 12.7. The zero-order valence-electron chi connectivity index (χ0n) is 17.3. The van der Waals surface area contributed by atoms with Gasteiger partial charge in [0, 0.05) is 18.8 Å². The molecule has 2 amide bonds. The second kappa shape index (κ2) is 9.87. The Morgan fingerprint density at radius 3 is 2.50 bits per heavy atom. The van der Waals surface area contributed by atoms with Crippen LogP contribution in [-0.2, 0) is 14.3 Å². The Labute approximate surface area is 176 Å². The number of nitrogens with one attached hydrogen (secondary N) is 1. The zero-order valence-corrected chi connectivity index (χ0v) is 17.3. The third-order valence-electron chi connectivity index (χ3n) is 4.98. The molecule has 0 aromatic heterocycles. The fourth-order valence-electron chi connectivity index (χ4n) is 3.38. The minimum absolute atomic E-state index is 0.121. The zero-order chi connectivity index (χ0) is 21.5. The van der Waals surface area contributed by atoms with E-state index in [9.17, 15) is 14.4 Å². The van der Waals surface area contributed by atoms with Crippen LogP contribution in [0.3, 0.4) is 0 Å². The van der Waals surface area contributed by atoms with Gasteiger partial charge < -0.3 is 15.0 Å². The standard InChI is InChI=1S/C24H26N2O4/c1-3-4-15-30-24(29)19-9-11-20(12-10-19)25-23(28)16-22-21-8-6-5-7-18(21)13-14-26(22)17(2)27/h5-14,22H,3-4,15-16H2,1-2H3,(H,25,28)/t22-/m0/s1. The first-order valence-corrected chi connectivity index (χ1v) is 10.1. The molecule has 1 N–H and O–H groups in total. The molecule has 0 aliphatic carbocycles. The van der Waals surface area contributed by atoms with Crippen molar-refractivity contribution in [3.8, 4) is 0 Å². The number of anilines is 1. The molecule has 6 heteroatoms. The third kappa shape index (κ3) is 5.14. The monoisotopic (exact) mass is 406 g/mol. The number of nitrogens with zero attached hydrogens (tertiary/aromatic N) is 1. The van der Waals surface area contributed by atoms with Crippen molar-refractivity contribution < 1.29 is 19.1 Å². The van der Waals surface area contributed by atoms with Crippen LogP contribution in [0.15, 0.2) is 54.7 Å². The van der Waals surface area contributed by atoms with Gasteiger partial charge in [-0.05, 0) is 47.9 Å². The average Bonchev–Trinajstić information content (AvgIpc) is 2.74. The molecule has 2 aromatic rings. The van der Waals surface area contributed by atoms with Crippen LogP contribution in [0, 0.1) is 0 Å². The first-order chi connectivity index (χ1) is 14.5. The van der Waals surface area contributed by atoms with Crippen molar-refractivity contribution in [2.75, 3.05) is 11.9 Å². The first-order valence-electron chi connectivity index (χ1n) is 10.1. The van der Waals surface area contributed by atoms with Crippen molar-refractivity contribution in [1.82, 2.24) is 4.90 Å². The average molecular weight is 406 g/mol. The molecule has 0 fully saturated rings. The molecule has 0 bridgehead atoms. The summed E-state index contributed by atoms with van der Waals surface area (Å²) in [5.74, 6) is -0.705. The predicted molar refractivity (Wildman–Crippen MR) is 116 cm³/mol. The Morgan fingerprint density at radius 2 is 1.80 bits per heavy atom. The quantitative estimate of drug-likeness (QED) is 0.541. The molecule has 0 saturated carbocycles. The van der Waals surface area contributed by atoms with Crippen LogP contribution in [0.5, 0.6) is 0 Å². The van der Waals surface area contributed by atoms with Crippen molar-refractivity contribution >= 4 is 29.5 Å². The van der Waals surface area contributed by atoms with Gasteiger partial charge >= 0.3 is 5.97 Å². The van der Waals surface area contributed by atoms with Crippen LogP contribution in [0.4, 0.5) is 5.69 Å². The van der Waals surface area contributed by atoms with Gasteiger partial charge in [0.25, 0.3) is 0 Å². The van der Waals surface area contributed by atoms with E-state index in [1.54, 1.807) is 35.4 Å². The summed E-state index contributed by atoms with van der Waals surface area (Å²) in [6.45, 7) is 3.92. The van der Waals surface area contributed by atoms with Crippen molar-refractivity contribution in [1.29, 1.82) is 0 Å². The summed E-state index contributed by atoms with van der Waals surface area (Å²) in [7, 11) is 0. The molecule has 2 aromatic carbocycles. The maximum atomic E-state index is 12.7. The number of hydrogen-bond acceptors (Lipinski definition) is 4. The van der Waals surface area contributed by atoms with Crippen molar-refractivity contribution in [2.45, 2.75) is 39.2 Å². The van der Waals surface area contributed by atoms with E-state index in [0.717, 1.165) is 24.0 Å². The molecule has 0 unspecified atom stereocenters. The third-order valence-corrected chi connectivity index (χ3v) is 4.98. The minimum atomic E-state index is -0.371. The van der Waals surface area contributed by atoms with Crippen LogP contribution >= 0.6 is 0 Å². The van der Waals surface area contributed by atoms with Crippen molar-refractivity contribution in [3.63, 3.8) is 0 Å². The lowest BCUT2D eigenvalue weighted by Crippen LogP contribution is -2.33. The second-order valence-electron chi connectivity index (χ2n) is 7.21. The largest absolute Gasteiger partial charge is 0.462 e. The molecule has 1 atom stereocenters. The normalized spacial score (nSPS) is 14.7. The predicted octanol–water partition coefficient (Wildman–Crippen LogP) is 4.55. The molecule has 6 nitrogen and oxygen atoms in total. The van der Waals surface area contributed by atoms with E-state index in [-0.39, 0.29) is 30.2 Å². The van der Waals surface area contributed by atoms with Crippen LogP contribution in [0.25, 0.3) is 6.08 Å². The van der Waals surface area contributed by atoms with E-state index in [1.165, 1.54) is 6.92 Å². The van der Waals surface area contributed by atoms with Gasteiger partial charge in [0.1, 0.15) is 0 Å². The van der Waals surface area contributed by atoms with Gasteiger partial charge in [0.05, 0.1) is 24.6 Å². The highest BCUT2D eigenvalue weighted by Gasteiger charge is 2.28. The second-order valence-corrected chi connectivity index (χ2v) is 7.21. The van der Waals surface area contributed by atoms with E-state index in [1.807, 2.05) is 37.3 Å². The molecular weight excluding hydrogens is 380 g/mol. The number of ether oxygens (including phenoxy) is 1. The molecule has 1 aliphatic rings. The number of unbranched alkanes of at least 4 members (excludes halogenated alkanes) is 1. The van der Waals surface area contributed by atoms with Gasteiger partial charge in [-0.2, -0.15) is 0 Å². The Kier molecular flexibility index (Phi) is 7.01. The van der Waals surface area contributed by atoms with E-state index < -0.39 is 0 Å². The van der Waals surface area contributed by atoms with Crippen molar-refractivity contribution in [3.05, 3.63) is 71.4 Å². The lowest BCUT2D eigenvalue weighted by molar-refractivity contribution is -0.129. The Morgan fingerprint density at radius 1 is 1.07 bits per heavy atom. The molecule has 30 heavy (non-hydrogen) atoms. The van der Waals surface area contributed by atoms with Gasteiger partial charge in [-0.3, -0.25) is 9.59 Å². The van der Waals surface area contributed by atoms with E-state index >= 15 is 0 Å². The van der Waals surface area contributed by atoms with Crippen molar-refractivity contribution in [2.24, 2.45) is 0 Å². The number of benzene rings is 2. The highest BCUT2D eigenvalue weighted by atomic mass is 16.5. The Balaban J connectivity index is 1.65. The molecular formula is C24H26N2O4. The Bertz CT molecular complexity index is 950. The molecule has 3 rings (SSSR count). The fourth-order valence-corrected chi connectivity index (χ4v) is 3.38.